The quantitative estimate of drug-likeness (QED) is 0.834. The van der Waals surface area contributed by atoms with Crippen LogP contribution in [-0.2, 0) is 9.53 Å². The van der Waals surface area contributed by atoms with Crippen LogP contribution in [0.3, 0.4) is 0 Å². The minimum atomic E-state index is 0.0344. The van der Waals surface area contributed by atoms with Gasteiger partial charge in [0.1, 0.15) is 0 Å². The number of nitrogens with one attached hydrogen (secondary N) is 2. The molecule has 1 aliphatic rings. The minimum Gasteiger partial charge on any atom is -0.381 e. The molecule has 20 heavy (non-hydrogen) atoms. The van der Waals surface area contributed by atoms with Crippen molar-refractivity contribution in [1.29, 1.82) is 0 Å². The van der Waals surface area contributed by atoms with Gasteiger partial charge in [0.15, 0.2) is 0 Å². The summed E-state index contributed by atoms with van der Waals surface area (Å²) < 4.78 is 5.37. The highest BCUT2D eigenvalue weighted by Gasteiger charge is 2.22. The molecular weight excluding hydrogens is 252 g/mol. The fraction of sp³-hybridized carbons (Fsp3) is 0.562. The average molecular weight is 276 g/mol. The molecule has 1 amide bonds. The molecule has 0 bridgehead atoms. The molecule has 1 aromatic carbocycles. The zero-order valence-corrected chi connectivity index (χ0v) is 12.3. The summed E-state index contributed by atoms with van der Waals surface area (Å²) in [5, 5.41) is 6.30. The van der Waals surface area contributed by atoms with Crippen LogP contribution < -0.4 is 10.6 Å². The number of carbonyl (C=O) groups is 1. The molecule has 1 aliphatic heterocycles. The van der Waals surface area contributed by atoms with Gasteiger partial charge in [0.25, 0.3) is 0 Å². The predicted molar refractivity (Wildman–Crippen MR) is 79.4 cm³/mol. The summed E-state index contributed by atoms with van der Waals surface area (Å²) in [6.45, 7) is 6.12. The Morgan fingerprint density at radius 3 is 2.75 bits per heavy atom. The smallest absolute Gasteiger partial charge is 0.234 e. The van der Waals surface area contributed by atoms with E-state index in [1.807, 2.05) is 37.3 Å². The van der Waals surface area contributed by atoms with E-state index in [0.717, 1.165) is 25.2 Å². The van der Waals surface area contributed by atoms with Crippen LogP contribution in [0.1, 0.15) is 31.9 Å². The van der Waals surface area contributed by atoms with Gasteiger partial charge >= 0.3 is 0 Å². The van der Waals surface area contributed by atoms with Gasteiger partial charge < -0.3 is 15.4 Å². The summed E-state index contributed by atoms with van der Waals surface area (Å²) in [7, 11) is 0. The molecule has 0 aromatic heterocycles. The number of hydrogen-bond donors (Lipinski definition) is 2. The van der Waals surface area contributed by atoms with Gasteiger partial charge in [-0.25, -0.2) is 0 Å². The third-order valence-electron chi connectivity index (χ3n) is 3.93. The van der Waals surface area contributed by atoms with Crippen LogP contribution in [0, 0.1) is 5.92 Å². The Balaban J connectivity index is 1.72. The molecule has 0 saturated carbocycles. The van der Waals surface area contributed by atoms with Gasteiger partial charge in [-0.05, 0) is 31.7 Å². The van der Waals surface area contributed by atoms with E-state index in [4.69, 9.17) is 4.74 Å². The molecule has 3 atom stereocenters. The second-order valence-electron chi connectivity index (χ2n) is 5.49. The molecule has 4 nitrogen and oxygen atoms in total. The van der Waals surface area contributed by atoms with E-state index in [1.165, 1.54) is 0 Å². The molecule has 0 radical (unpaired) electrons. The van der Waals surface area contributed by atoms with Crippen molar-refractivity contribution in [3.8, 4) is 0 Å². The van der Waals surface area contributed by atoms with E-state index in [9.17, 15) is 4.79 Å². The van der Waals surface area contributed by atoms with Crippen molar-refractivity contribution in [2.45, 2.75) is 32.4 Å². The van der Waals surface area contributed by atoms with Crippen molar-refractivity contribution in [1.82, 2.24) is 10.6 Å². The van der Waals surface area contributed by atoms with E-state index in [0.29, 0.717) is 18.5 Å². The minimum absolute atomic E-state index is 0.0344. The topological polar surface area (TPSA) is 50.4 Å². The third kappa shape index (κ3) is 4.32. The van der Waals surface area contributed by atoms with E-state index < -0.39 is 0 Å². The number of hydrogen-bond acceptors (Lipinski definition) is 3. The lowest BCUT2D eigenvalue weighted by atomic mass is 10.0. The molecule has 4 heteroatoms. The SMILES string of the molecule is CC(NC(=O)CNC(C)C1CCOC1)c1ccccc1. The van der Waals surface area contributed by atoms with Crippen molar-refractivity contribution in [3.63, 3.8) is 0 Å². The maximum Gasteiger partial charge on any atom is 0.234 e. The van der Waals surface area contributed by atoms with Gasteiger partial charge in [-0.1, -0.05) is 30.3 Å². The Kier molecular flexibility index (Phi) is 5.56. The van der Waals surface area contributed by atoms with Crippen molar-refractivity contribution in [2.24, 2.45) is 5.92 Å². The second-order valence-corrected chi connectivity index (χ2v) is 5.49. The zero-order valence-electron chi connectivity index (χ0n) is 12.3. The standard InChI is InChI=1S/C16H24N2O2/c1-12(15-8-9-20-11-15)17-10-16(19)18-13(2)14-6-4-3-5-7-14/h3-7,12-13,15,17H,8-11H2,1-2H3,(H,18,19). The average Bonchev–Trinajstić information content (AvgIpc) is 3.00. The monoisotopic (exact) mass is 276 g/mol. The normalized spacial score (nSPS) is 21.4. The van der Waals surface area contributed by atoms with Crippen LogP contribution in [-0.4, -0.2) is 31.7 Å². The first-order chi connectivity index (χ1) is 9.66. The summed E-state index contributed by atoms with van der Waals surface area (Å²) in [6.07, 6.45) is 1.08. The van der Waals surface area contributed by atoms with Gasteiger partial charge in [-0.15, -0.1) is 0 Å². The van der Waals surface area contributed by atoms with Crippen molar-refractivity contribution in [2.75, 3.05) is 19.8 Å². The van der Waals surface area contributed by atoms with Crippen molar-refractivity contribution < 1.29 is 9.53 Å². The molecule has 1 fully saturated rings. The number of carbonyl (C=O) groups excluding carboxylic acids is 1. The lowest BCUT2D eigenvalue weighted by Gasteiger charge is -2.20. The van der Waals surface area contributed by atoms with E-state index in [2.05, 4.69) is 17.6 Å². The van der Waals surface area contributed by atoms with Gasteiger partial charge in [-0.3, -0.25) is 4.79 Å². The Morgan fingerprint density at radius 1 is 1.35 bits per heavy atom. The maximum atomic E-state index is 11.9. The Hall–Kier alpha value is -1.39. The highest BCUT2D eigenvalue weighted by atomic mass is 16.5. The van der Waals surface area contributed by atoms with Crippen LogP contribution in [0.4, 0.5) is 0 Å². The maximum absolute atomic E-state index is 11.9. The molecule has 1 saturated heterocycles. The summed E-state index contributed by atoms with van der Waals surface area (Å²) in [4.78, 5) is 11.9. The fourth-order valence-corrected chi connectivity index (χ4v) is 2.48. The predicted octanol–water partition coefficient (Wildman–Crippen LogP) is 1.88. The second kappa shape index (κ2) is 7.41. The first kappa shape index (κ1) is 15.0. The van der Waals surface area contributed by atoms with Crippen LogP contribution in [0.25, 0.3) is 0 Å². The molecule has 1 aromatic rings. The van der Waals surface area contributed by atoms with Gasteiger partial charge in [0, 0.05) is 12.6 Å². The highest BCUT2D eigenvalue weighted by molar-refractivity contribution is 5.78. The van der Waals surface area contributed by atoms with Crippen molar-refractivity contribution >= 4 is 5.91 Å². The van der Waals surface area contributed by atoms with Gasteiger partial charge in [0.05, 0.1) is 19.2 Å². The highest BCUT2D eigenvalue weighted by Crippen LogP contribution is 2.16. The fourth-order valence-electron chi connectivity index (χ4n) is 2.48. The first-order valence-electron chi connectivity index (χ1n) is 7.32. The largest absolute Gasteiger partial charge is 0.381 e. The summed E-state index contributed by atoms with van der Waals surface area (Å²) in [6, 6.07) is 10.3. The molecule has 2 rings (SSSR count). The summed E-state index contributed by atoms with van der Waals surface area (Å²) >= 11 is 0. The van der Waals surface area contributed by atoms with Crippen LogP contribution in [0.15, 0.2) is 30.3 Å². The molecule has 0 aliphatic carbocycles. The van der Waals surface area contributed by atoms with Crippen LogP contribution >= 0.6 is 0 Å². The van der Waals surface area contributed by atoms with Gasteiger partial charge in [-0.2, -0.15) is 0 Å². The van der Waals surface area contributed by atoms with E-state index >= 15 is 0 Å². The summed E-state index contributed by atoms with van der Waals surface area (Å²) in [5.74, 6) is 0.557. The Labute approximate surface area is 120 Å². The number of amides is 1. The number of benzene rings is 1. The number of ether oxygens (including phenoxy) is 1. The third-order valence-corrected chi connectivity index (χ3v) is 3.93. The molecular formula is C16H24N2O2. The van der Waals surface area contributed by atoms with Crippen molar-refractivity contribution in [3.05, 3.63) is 35.9 Å². The van der Waals surface area contributed by atoms with Crippen LogP contribution in [0.2, 0.25) is 0 Å². The molecule has 3 unspecified atom stereocenters. The Bertz CT molecular complexity index is 416. The zero-order chi connectivity index (χ0) is 14.4. The van der Waals surface area contributed by atoms with Gasteiger partial charge in [0.2, 0.25) is 5.91 Å². The molecule has 0 spiro atoms. The molecule has 110 valence electrons. The number of rotatable bonds is 6. The van der Waals surface area contributed by atoms with Crippen LogP contribution in [0.5, 0.6) is 0 Å². The lowest BCUT2D eigenvalue weighted by molar-refractivity contribution is -0.121. The Morgan fingerprint density at radius 2 is 2.10 bits per heavy atom. The van der Waals surface area contributed by atoms with E-state index in [1.54, 1.807) is 0 Å². The lowest BCUT2D eigenvalue weighted by Crippen LogP contribution is -2.42. The molecule has 1 heterocycles. The van der Waals surface area contributed by atoms with E-state index in [-0.39, 0.29) is 11.9 Å². The summed E-state index contributed by atoms with van der Waals surface area (Å²) in [5.41, 5.74) is 1.12. The first-order valence-corrected chi connectivity index (χ1v) is 7.32. The molecule has 2 N–H and O–H groups in total.